The van der Waals surface area contributed by atoms with E-state index in [0.29, 0.717) is 40.3 Å². The number of ether oxygens (including phenoxy) is 2. The minimum atomic E-state index is -0.915. The zero-order valence-electron chi connectivity index (χ0n) is 18.9. The normalized spacial score (nSPS) is 15.9. The number of amides is 1. The highest BCUT2D eigenvalue weighted by Crippen LogP contribution is 2.42. The molecule has 1 aliphatic rings. The number of unbranched alkanes of at least 4 members (excludes halogenated alkanes) is 1. The van der Waals surface area contributed by atoms with Crippen LogP contribution in [-0.2, 0) is 4.79 Å². The third-order valence-corrected chi connectivity index (χ3v) is 6.03. The summed E-state index contributed by atoms with van der Waals surface area (Å²) < 4.78 is 16.2. The van der Waals surface area contributed by atoms with E-state index in [2.05, 4.69) is 0 Å². The largest absolute Gasteiger partial charge is 0.504 e. The monoisotopic (exact) mass is 485 g/mol. The lowest BCUT2D eigenvalue weighted by molar-refractivity contribution is -0.129. The first-order valence-electron chi connectivity index (χ1n) is 10.7. The molecule has 1 aliphatic heterocycles. The van der Waals surface area contributed by atoms with Gasteiger partial charge in [0.2, 0.25) is 5.78 Å². The molecule has 0 spiro atoms. The molecule has 9 heteroatoms. The van der Waals surface area contributed by atoms with Crippen LogP contribution in [0.5, 0.6) is 17.2 Å². The summed E-state index contributed by atoms with van der Waals surface area (Å²) in [5, 5.41) is 22.0. The Balaban J connectivity index is 1.83. The molecular weight excluding hydrogens is 462 g/mol. The third kappa shape index (κ3) is 3.94. The zero-order chi connectivity index (χ0) is 24.6. The van der Waals surface area contributed by atoms with Gasteiger partial charge in [-0.3, -0.25) is 9.59 Å². The Labute approximate surface area is 200 Å². The van der Waals surface area contributed by atoms with Crippen molar-refractivity contribution in [3.05, 3.63) is 64.1 Å². The number of benzene rings is 2. The van der Waals surface area contributed by atoms with Crippen molar-refractivity contribution in [2.24, 2.45) is 0 Å². The van der Waals surface area contributed by atoms with Crippen LogP contribution in [0.15, 0.2) is 52.1 Å². The number of ketones is 1. The van der Waals surface area contributed by atoms with Crippen molar-refractivity contribution < 1.29 is 33.7 Å². The molecule has 0 aliphatic carbocycles. The van der Waals surface area contributed by atoms with Crippen molar-refractivity contribution >= 4 is 34.3 Å². The van der Waals surface area contributed by atoms with Gasteiger partial charge in [0, 0.05) is 23.0 Å². The van der Waals surface area contributed by atoms with Gasteiger partial charge in [0.05, 0.1) is 25.8 Å². The van der Waals surface area contributed by atoms with Crippen LogP contribution in [0.4, 0.5) is 0 Å². The van der Waals surface area contributed by atoms with Crippen molar-refractivity contribution in [1.29, 1.82) is 0 Å². The van der Waals surface area contributed by atoms with Crippen LogP contribution in [0.25, 0.3) is 11.0 Å². The Morgan fingerprint density at radius 3 is 2.50 bits per heavy atom. The maximum Gasteiger partial charge on any atom is 0.290 e. The summed E-state index contributed by atoms with van der Waals surface area (Å²) in [5.74, 6) is -1.59. The average Bonchev–Trinajstić information content (AvgIpc) is 3.35. The SMILES string of the molecule is CCCCN1C(=O)C(O)=C(C(=O)c2cc3cc(Cl)cc(OC)c3o2)C1c1ccc(OC)c(O)c1. The number of aliphatic hydroxyl groups is 1. The van der Waals surface area contributed by atoms with Gasteiger partial charge in [0.15, 0.2) is 34.4 Å². The van der Waals surface area contributed by atoms with Gasteiger partial charge in [0.1, 0.15) is 0 Å². The van der Waals surface area contributed by atoms with Crippen LogP contribution in [0.2, 0.25) is 5.02 Å². The van der Waals surface area contributed by atoms with Crippen LogP contribution < -0.4 is 9.47 Å². The molecule has 1 amide bonds. The van der Waals surface area contributed by atoms with E-state index in [1.54, 1.807) is 24.3 Å². The molecule has 0 saturated carbocycles. The highest BCUT2D eigenvalue weighted by molar-refractivity contribution is 6.31. The van der Waals surface area contributed by atoms with E-state index in [4.69, 9.17) is 25.5 Å². The molecule has 1 aromatic heterocycles. The summed E-state index contributed by atoms with van der Waals surface area (Å²) in [6.07, 6.45) is 1.47. The Kier molecular flexibility index (Phi) is 6.43. The van der Waals surface area contributed by atoms with Crippen LogP contribution >= 0.6 is 11.6 Å². The van der Waals surface area contributed by atoms with E-state index in [9.17, 15) is 19.8 Å². The van der Waals surface area contributed by atoms with Gasteiger partial charge in [-0.15, -0.1) is 0 Å². The maximum atomic E-state index is 13.6. The molecule has 2 N–H and O–H groups in total. The van der Waals surface area contributed by atoms with Gasteiger partial charge >= 0.3 is 0 Å². The van der Waals surface area contributed by atoms with E-state index in [0.717, 1.165) is 6.42 Å². The molecule has 3 aromatic rings. The number of methoxy groups -OCH3 is 2. The molecule has 4 rings (SSSR count). The Hall–Kier alpha value is -3.65. The summed E-state index contributed by atoms with van der Waals surface area (Å²) in [6, 6.07) is 8.37. The molecule has 8 nitrogen and oxygen atoms in total. The number of furan rings is 1. The first-order valence-corrected chi connectivity index (χ1v) is 11.1. The van der Waals surface area contributed by atoms with Crippen LogP contribution in [0.3, 0.4) is 0 Å². The molecule has 1 unspecified atom stereocenters. The topological polar surface area (TPSA) is 109 Å². The Morgan fingerprint density at radius 2 is 1.85 bits per heavy atom. The van der Waals surface area contributed by atoms with Crippen molar-refractivity contribution in [2.45, 2.75) is 25.8 Å². The number of nitrogens with zero attached hydrogens (tertiary/aromatic N) is 1. The molecule has 1 atom stereocenters. The first-order chi connectivity index (χ1) is 16.3. The standard InChI is InChI=1S/C25H24ClNO7/c1-4-5-8-27-21(13-6-7-17(32-2)16(28)10-13)20(23(30)25(27)31)22(29)18-11-14-9-15(26)12-19(33-3)24(14)34-18/h6-7,9-12,21,28,30H,4-5,8H2,1-3H3. The van der Waals surface area contributed by atoms with E-state index >= 15 is 0 Å². The molecule has 0 radical (unpaired) electrons. The molecule has 34 heavy (non-hydrogen) atoms. The predicted octanol–water partition coefficient (Wildman–Crippen LogP) is 5.19. The van der Waals surface area contributed by atoms with E-state index < -0.39 is 23.5 Å². The number of phenols is 1. The van der Waals surface area contributed by atoms with Crippen LogP contribution in [0.1, 0.15) is 41.9 Å². The van der Waals surface area contributed by atoms with E-state index in [1.165, 1.54) is 31.3 Å². The fourth-order valence-corrected chi connectivity index (χ4v) is 4.37. The number of hydrogen-bond donors (Lipinski definition) is 2. The lowest BCUT2D eigenvalue weighted by atomic mass is 9.94. The second kappa shape index (κ2) is 9.30. The lowest BCUT2D eigenvalue weighted by Gasteiger charge is -2.26. The highest BCUT2D eigenvalue weighted by Gasteiger charge is 2.44. The van der Waals surface area contributed by atoms with Crippen molar-refractivity contribution in [3.63, 3.8) is 0 Å². The lowest BCUT2D eigenvalue weighted by Crippen LogP contribution is -2.32. The van der Waals surface area contributed by atoms with Gasteiger partial charge < -0.3 is 29.0 Å². The summed E-state index contributed by atoms with van der Waals surface area (Å²) >= 11 is 6.13. The van der Waals surface area contributed by atoms with Gasteiger partial charge in [-0.25, -0.2) is 0 Å². The number of aliphatic hydroxyl groups excluding tert-OH is 1. The highest BCUT2D eigenvalue weighted by atomic mass is 35.5. The number of Topliss-reactive ketones (excluding diaryl/α,β-unsaturated/α-hetero) is 1. The van der Waals surface area contributed by atoms with Crippen molar-refractivity contribution in [2.75, 3.05) is 20.8 Å². The number of phenolic OH excluding ortho intramolecular Hbond substituents is 1. The zero-order valence-corrected chi connectivity index (χ0v) is 19.7. The van der Waals surface area contributed by atoms with Crippen LogP contribution in [-0.4, -0.2) is 47.6 Å². The Bertz CT molecular complexity index is 1310. The maximum absolute atomic E-state index is 13.6. The number of rotatable bonds is 8. The minimum absolute atomic E-state index is 0.0787. The fourth-order valence-electron chi connectivity index (χ4n) is 4.15. The summed E-state index contributed by atoms with van der Waals surface area (Å²) in [7, 11) is 2.88. The Morgan fingerprint density at radius 1 is 1.12 bits per heavy atom. The predicted molar refractivity (Wildman–Crippen MR) is 126 cm³/mol. The molecule has 2 aromatic carbocycles. The molecule has 2 heterocycles. The second-order valence-electron chi connectivity index (χ2n) is 7.91. The molecule has 178 valence electrons. The van der Waals surface area contributed by atoms with Gasteiger partial charge in [-0.2, -0.15) is 0 Å². The quantitative estimate of drug-likeness (QED) is 0.422. The number of hydrogen-bond acceptors (Lipinski definition) is 7. The molecule has 0 saturated heterocycles. The average molecular weight is 486 g/mol. The molecule has 0 bridgehead atoms. The number of carbonyl (C=O) groups is 2. The molecular formula is C25H24ClNO7. The van der Waals surface area contributed by atoms with E-state index in [1.807, 2.05) is 6.92 Å². The van der Waals surface area contributed by atoms with Crippen molar-refractivity contribution in [1.82, 2.24) is 4.90 Å². The van der Waals surface area contributed by atoms with Gasteiger partial charge in [-0.1, -0.05) is 31.0 Å². The summed E-state index contributed by atoms with van der Waals surface area (Å²) in [5.41, 5.74) is 0.642. The van der Waals surface area contributed by atoms with E-state index in [-0.39, 0.29) is 22.8 Å². The van der Waals surface area contributed by atoms with Gasteiger partial charge in [0.25, 0.3) is 5.91 Å². The number of halogens is 1. The minimum Gasteiger partial charge on any atom is -0.504 e. The number of fused-ring (bicyclic) bond motifs is 1. The second-order valence-corrected chi connectivity index (χ2v) is 8.35. The summed E-state index contributed by atoms with van der Waals surface area (Å²) in [4.78, 5) is 28.0. The van der Waals surface area contributed by atoms with Gasteiger partial charge in [-0.05, 0) is 36.2 Å². The number of carbonyl (C=O) groups excluding carboxylic acids is 2. The number of aromatic hydroxyl groups is 1. The summed E-state index contributed by atoms with van der Waals surface area (Å²) in [6.45, 7) is 2.29. The first kappa shape index (κ1) is 23.5. The fraction of sp³-hybridized carbons (Fsp3) is 0.280. The van der Waals surface area contributed by atoms with Crippen molar-refractivity contribution in [3.8, 4) is 17.2 Å². The third-order valence-electron chi connectivity index (χ3n) is 5.81. The smallest absolute Gasteiger partial charge is 0.290 e. The van der Waals surface area contributed by atoms with Crippen LogP contribution in [0, 0.1) is 0 Å². The molecule has 0 fully saturated rings.